The number of azo groups is 1. The number of hydrogen-bond acceptors (Lipinski definition) is 6. The minimum absolute atomic E-state index is 0.462. The van der Waals surface area contributed by atoms with Crippen LogP contribution in [0.25, 0.3) is 0 Å². The minimum Gasteiger partial charge on any atom is -0.490 e. The van der Waals surface area contributed by atoms with E-state index < -0.39 is 0 Å². The molecule has 3 aromatic rings. The molecule has 0 radical (unpaired) electrons. The van der Waals surface area contributed by atoms with Crippen LogP contribution < -0.4 is 20.3 Å². The third kappa shape index (κ3) is 6.02. The predicted molar refractivity (Wildman–Crippen MR) is 113 cm³/mol. The van der Waals surface area contributed by atoms with Crippen LogP contribution in [-0.2, 0) is 0 Å². The zero-order valence-electron chi connectivity index (χ0n) is 16.1. The van der Waals surface area contributed by atoms with E-state index in [1.54, 1.807) is 7.05 Å². The number of hydrogen-bond donors (Lipinski definition) is 2. The summed E-state index contributed by atoms with van der Waals surface area (Å²) >= 11 is 0. The number of nitrogens with zero attached hydrogens (tertiary/aromatic N) is 2. The number of anilines is 2. The molecule has 0 aromatic heterocycles. The van der Waals surface area contributed by atoms with Crippen LogP contribution in [0.1, 0.15) is 5.56 Å². The summed E-state index contributed by atoms with van der Waals surface area (Å²) in [6.45, 7) is 2.99. The number of nitrogens with one attached hydrogen (secondary N) is 2. The first-order valence-corrected chi connectivity index (χ1v) is 9.07. The zero-order chi connectivity index (χ0) is 19.6. The summed E-state index contributed by atoms with van der Waals surface area (Å²) in [5.74, 6) is 1.57. The summed E-state index contributed by atoms with van der Waals surface area (Å²) in [6.07, 6.45) is 0. The van der Waals surface area contributed by atoms with Crippen molar-refractivity contribution in [3.8, 4) is 11.5 Å². The van der Waals surface area contributed by atoms with Gasteiger partial charge in [-0.05, 0) is 67.6 Å². The highest BCUT2D eigenvalue weighted by atomic mass is 16.5. The van der Waals surface area contributed by atoms with E-state index in [-0.39, 0.29) is 0 Å². The van der Waals surface area contributed by atoms with E-state index in [4.69, 9.17) is 9.47 Å². The third-order valence-corrected chi connectivity index (χ3v) is 3.93. The van der Waals surface area contributed by atoms with Gasteiger partial charge < -0.3 is 20.3 Å². The predicted octanol–water partition coefficient (Wildman–Crippen LogP) is 5.61. The molecule has 0 unspecified atom stereocenters. The molecular weight excluding hydrogens is 352 g/mol. The normalized spacial score (nSPS) is 10.6. The van der Waals surface area contributed by atoms with Crippen LogP contribution >= 0.6 is 0 Å². The molecular formula is C22H24N4O2. The molecule has 0 heterocycles. The summed E-state index contributed by atoms with van der Waals surface area (Å²) in [7, 11) is 1.64. The van der Waals surface area contributed by atoms with E-state index in [1.807, 2.05) is 60.7 Å². The Balaban J connectivity index is 1.38. The van der Waals surface area contributed by atoms with Crippen molar-refractivity contribution in [2.45, 2.75) is 6.92 Å². The molecule has 3 rings (SSSR count). The minimum atomic E-state index is 0.462. The fourth-order valence-electron chi connectivity index (χ4n) is 2.46. The maximum Gasteiger partial charge on any atom is 0.122 e. The molecule has 2 N–H and O–H groups in total. The first-order valence-electron chi connectivity index (χ1n) is 9.07. The van der Waals surface area contributed by atoms with Crippen molar-refractivity contribution in [3.63, 3.8) is 0 Å². The van der Waals surface area contributed by atoms with E-state index in [0.717, 1.165) is 28.6 Å². The average Bonchev–Trinajstić information content (AvgIpc) is 2.73. The number of aryl methyl sites for hydroxylation is 1. The third-order valence-electron chi connectivity index (χ3n) is 3.93. The first-order chi connectivity index (χ1) is 13.7. The topological polar surface area (TPSA) is 67.2 Å². The number of benzene rings is 3. The van der Waals surface area contributed by atoms with Crippen LogP contribution in [0.5, 0.6) is 11.5 Å². The van der Waals surface area contributed by atoms with Crippen molar-refractivity contribution < 1.29 is 9.47 Å². The molecule has 0 amide bonds. The number of ether oxygens (including phenoxy) is 2. The van der Waals surface area contributed by atoms with Gasteiger partial charge in [-0.3, -0.25) is 0 Å². The lowest BCUT2D eigenvalue weighted by molar-refractivity contribution is 0.217. The largest absolute Gasteiger partial charge is 0.490 e. The molecule has 0 aliphatic rings. The lowest BCUT2D eigenvalue weighted by Gasteiger charge is -2.11. The Labute approximate surface area is 165 Å². The van der Waals surface area contributed by atoms with Gasteiger partial charge in [-0.15, -0.1) is 0 Å². The van der Waals surface area contributed by atoms with Crippen LogP contribution in [-0.4, -0.2) is 20.3 Å². The van der Waals surface area contributed by atoms with Gasteiger partial charge in [-0.25, -0.2) is 0 Å². The van der Waals surface area contributed by atoms with Gasteiger partial charge in [0.1, 0.15) is 24.7 Å². The Bertz CT molecular complexity index is 876. The Morgan fingerprint density at radius 2 is 1.14 bits per heavy atom. The lowest BCUT2D eigenvalue weighted by Crippen LogP contribution is -2.10. The van der Waals surface area contributed by atoms with Gasteiger partial charge in [-0.2, -0.15) is 10.2 Å². The lowest BCUT2D eigenvalue weighted by atomic mass is 10.2. The van der Waals surface area contributed by atoms with Gasteiger partial charge in [0.2, 0.25) is 0 Å². The molecule has 0 saturated carbocycles. The van der Waals surface area contributed by atoms with E-state index >= 15 is 0 Å². The van der Waals surface area contributed by atoms with E-state index in [0.29, 0.717) is 13.2 Å². The standard InChI is InChI=1S/C22H24N4O2/c1-17-3-5-19(6-4-17)25-26-20-9-13-22(14-10-20)28-16-15-27-21-11-7-18(8-12-21)24-23-2/h3-14,25-26H,15-16H2,1-2H3. The molecule has 0 fully saturated rings. The van der Waals surface area contributed by atoms with Crippen molar-refractivity contribution >= 4 is 17.1 Å². The van der Waals surface area contributed by atoms with Crippen LogP contribution in [0, 0.1) is 6.92 Å². The van der Waals surface area contributed by atoms with Gasteiger partial charge in [0.05, 0.1) is 17.1 Å². The van der Waals surface area contributed by atoms with E-state index in [1.165, 1.54) is 5.56 Å². The fraction of sp³-hybridized carbons (Fsp3) is 0.182. The summed E-state index contributed by atoms with van der Waals surface area (Å²) in [5, 5.41) is 7.70. The van der Waals surface area contributed by atoms with Gasteiger partial charge >= 0.3 is 0 Å². The second-order valence-electron chi connectivity index (χ2n) is 6.13. The molecule has 0 atom stereocenters. The molecule has 28 heavy (non-hydrogen) atoms. The molecule has 144 valence electrons. The molecule has 3 aromatic carbocycles. The summed E-state index contributed by atoms with van der Waals surface area (Å²) in [6, 6.07) is 23.4. The maximum absolute atomic E-state index is 5.71. The molecule has 0 saturated heterocycles. The molecule has 6 heteroatoms. The van der Waals surface area contributed by atoms with Gasteiger partial charge in [-0.1, -0.05) is 17.7 Å². The smallest absolute Gasteiger partial charge is 0.122 e. The number of hydrazine groups is 1. The van der Waals surface area contributed by atoms with Gasteiger partial charge in [0.25, 0.3) is 0 Å². The summed E-state index contributed by atoms with van der Waals surface area (Å²) < 4.78 is 11.4. The van der Waals surface area contributed by atoms with Gasteiger partial charge in [0.15, 0.2) is 0 Å². The Morgan fingerprint density at radius 1 is 0.679 bits per heavy atom. The zero-order valence-corrected chi connectivity index (χ0v) is 16.1. The van der Waals surface area contributed by atoms with Crippen LogP contribution in [0.2, 0.25) is 0 Å². The van der Waals surface area contributed by atoms with Gasteiger partial charge in [0, 0.05) is 7.05 Å². The Morgan fingerprint density at radius 3 is 1.64 bits per heavy atom. The van der Waals surface area contributed by atoms with E-state index in [2.05, 4.69) is 40.1 Å². The SMILES string of the molecule is CN=Nc1ccc(OCCOc2ccc(NNc3ccc(C)cc3)cc2)cc1. The molecule has 0 bridgehead atoms. The Hall–Kier alpha value is -3.54. The number of rotatable bonds is 9. The van der Waals surface area contributed by atoms with Crippen molar-refractivity contribution in [1.82, 2.24) is 0 Å². The highest BCUT2D eigenvalue weighted by Gasteiger charge is 1.98. The molecule has 0 aliphatic heterocycles. The Kier molecular flexibility index (Phi) is 6.84. The quantitative estimate of drug-likeness (QED) is 0.290. The van der Waals surface area contributed by atoms with Crippen LogP contribution in [0.15, 0.2) is 83.0 Å². The second kappa shape index (κ2) is 9.97. The van der Waals surface area contributed by atoms with Crippen molar-refractivity contribution in [2.75, 3.05) is 31.1 Å². The highest BCUT2D eigenvalue weighted by molar-refractivity contribution is 5.53. The monoisotopic (exact) mass is 376 g/mol. The first kappa shape index (κ1) is 19.2. The second-order valence-corrected chi connectivity index (χ2v) is 6.13. The van der Waals surface area contributed by atoms with Crippen molar-refractivity contribution in [3.05, 3.63) is 78.4 Å². The van der Waals surface area contributed by atoms with E-state index in [9.17, 15) is 0 Å². The molecule has 6 nitrogen and oxygen atoms in total. The van der Waals surface area contributed by atoms with Crippen molar-refractivity contribution in [1.29, 1.82) is 0 Å². The maximum atomic E-state index is 5.71. The van der Waals surface area contributed by atoms with Crippen LogP contribution in [0.4, 0.5) is 17.1 Å². The summed E-state index contributed by atoms with van der Waals surface area (Å²) in [4.78, 5) is 0. The average molecular weight is 376 g/mol. The van der Waals surface area contributed by atoms with Crippen LogP contribution in [0.3, 0.4) is 0 Å². The molecule has 0 aliphatic carbocycles. The molecule has 0 spiro atoms. The fourth-order valence-corrected chi connectivity index (χ4v) is 2.46. The summed E-state index contributed by atoms with van der Waals surface area (Å²) in [5.41, 5.74) is 10.3. The highest BCUT2D eigenvalue weighted by Crippen LogP contribution is 2.19. The van der Waals surface area contributed by atoms with Crippen molar-refractivity contribution in [2.24, 2.45) is 10.2 Å².